The van der Waals surface area contributed by atoms with E-state index in [-0.39, 0.29) is 10.8 Å². The van der Waals surface area contributed by atoms with Crippen LogP contribution in [0.4, 0.5) is 5.69 Å². The van der Waals surface area contributed by atoms with Gasteiger partial charge in [0.1, 0.15) is 5.01 Å². The van der Waals surface area contributed by atoms with Crippen LogP contribution in [0, 0.1) is 6.92 Å². The molecule has 0 saturated heterocycles. The van der Waals surface area contributed by atoms with Gasteiger partial charge in [0.15, 0.2) is 0 Å². The summed E-state index contributed by atoms with van der Waals surface area (Å²) in [5, 5.41) is 5.55. The summed E-state index contributed by atoms with van der Waals surface area (Å²) in [7, 11) is -3.65. The van der Waals surface area contributed by atoms with E-state index in [4.69, 9.17) is 0 Å². The molecule has 0 spiro atoms. The Morgan fingerprint density at radius 2 is 1.77 bits per heavy atom. The Balaban J connectivity index is 1.63. The van der Waals surface area contributed by atoms with Crippen LogP contribution < -0.4 is 10.0 Å². The number of nitrogens with one attached hydrogen (secondary N) is 2. The molecular formula is C18H17N3O3S2. The zero-order valence-electron chi connectivity index (χ0n) is 14.0. The highest BCUT2D eigenvalue weighted by molar-refractivity contribution is 7.92. The molecule has 0 aliphatic rings. The van der Waals surface area contributed by atoms with E-state index < -0.39 is 10.0 Å². The number of sulfonamides is 1. The van der Waals surface area contributed by atoms with Crippen LogP contribution in [-0.4, -0.2) is 19.3 Å². The molecule has 0 radical (unpaired) electrons. The number of hydrogen-bond donors (Lipinski definition) is 2. The second-order valence-corrected chi connectivity index (χ2v) is 8.19. The first-order valence-corrected chi connectivity index (χ1v) is 10.2. The number of carbonyl (C=O) groups is 1. The largest absolute Gasteiger partial charge is 0.346 e. The third-order valence-electron chi connectivity index (χ3n) is 3.52. The summed E-state index contributed by atoms with van der Waals surface area (Å²) in [6, 6.07) is 14.4. The highest BCUT2D eigenvalue weighted by Crippen LogP contribution is 2.16. The molecule has 1 aromatic heterocycles. The number of thiazole rings is 1. The smallest absolute Gasteiger partial charge is 0.261 e. The topological polar surface area (TPSA) is 88.2 Å². The average molecular weight is 387 g/mol. The van der Waals surface area contributed by atoms with Crippen LogP contribution in [-0.2, 0) is 16.6 Å². The third kappa shape index (κ3) is 4.47. The summed E-state index contributed by atoms with van der Waals surface area (Å²) in [5.74, 6) is -0.240. The lowest BCUT2D eigenvalue weighted by molar-refractivity contribution is 0.0951. The highest BCUT2D eigenvalue weighted by atomic mass is 32.2. The van der Waals surface area contributed by atoms with Crippen LogP contribution in [0.3, 0.4) is 0 Å². The average Bonchev–Trinajstić information content (AvgIpc) is 3.06. The number of rotatable bonds is 6. The van der Waals surface area contributed by atoms with Crippen LogP contribution in [0.5, 0.6) is 0 Å². The van der Waals surface area contributed by atoms with Crippen molar-refractivity contribution in [3.63, 3.8) is 0 Å². The second-order valence-electron chi connectivity index (χ2n) is 5.56. The van der Waals surface area contributed by atoms with Gasteiger partial charge in [0.25, 0.3) is 15.9 Å². The molecule has 1 heterocycles. The van der Waals surface area contributed by atoms with E-state index in [2.05, 4.69) is 15.0 Å². The van der Waals surface area contributed by atoms with Gasteiger partial charge in [-0.25, -0.2) is 13.4 Å². The van der Waals surface area contributed by atoms with Crippen LogP contribution in [0.25, 0.3) is 0 Å². The molecule has 1 amide bonds. The van der Waals surface area contributed by atoms with E-state index in [0.29, 0.717) is 17.8 Å². The van der Waals surface area contributed by atoms with Gasteiger partial charge in [0, 0.05) is 22.3 Å². The lowest BCUT2D eigenvalue weighted by atomic mass is 10.2. The lowest BCUT2D eigenvalue weighted by Gasteiger charge is -2.09. The lowest BCUT2D eigenvalue weighted by Crippen LogP contribution is -2.22. The Morgan fingerprint density at radius 1 is 1.08 bits per heavy atom. The molecule has 0 fully saturated rings. The summed E-state index contributed by atoms with van der Waals surface area (Å²) < 4.78 is 27.1. The van der Waals surface area contributed by atoms with Crippen LogP contribution in [0.2, 0.25) is 0 Å². The number of benzene rings is 2. The second kappa shape index (κ2) is 7.67. The minimum atomic E-state index is -3.65. The first kappa shape index (κ1) is 18.1. The first-order chi connectivity index (χ1) is 12.4. The van der Waals surface area contributed by atoms with Crippen LogP contribution in [0.15, 0.2) is 64.9 Å². The molecule has 0 aliphatic carbocycles. The Labute approximate surface area is 156 Å². The Morgan fingerprint density at radius 3 is 2.38 bits per heavy atom. The van der Waals surface area contributed by atoms with Crippen molar-refractivity contribution in [2.75, 3.05) is 4.72 Å². The van der Waals surface area contributed by atoms with E-state index in [1.54, 1.807) is 42.5 Å². The van der Waals surface area contributed by atoms with Crippen LogP contribution >= 0.6 is 11.3 Å². The van der Waals surface area contributed by atoms with Crippen LogP contribution in [0.1, 0.15) is 21.1 Å². The molecule has 0 saturated carbocycles. The van der Waals surface area contributed by atoms with Gasteiger partial charge in [-0.1, -0.05) is 18.2 Å². The molecule has 0 bridgehead atoms. The number of aromatic nitrogens is 1. The number of carbonyl (C=O) groups excluding carboxylic acids is 1. The molecule has 0 unspecified atom stereocenters. The number of amides is 1. The van der Waals surface area contributed by atoms with Gasteiger partial charge >= 0.3 is 0 Å². The maximum atomic E-state index is 12.3. The Bertz CT molecular complexity index is 998. The van der Waals surface area contributed by atoms with E-state index in [1.807, 2.05) is 12.3 Å². The van der Waals surface area contributed by atoms with Gasteiger partial charge in [-0.05, 0) is 43.3 Å². The molecule has 0 aliphatic heterocycles. The van der Waals surface area contributed by atoms with E-state index in [1.165, 1.54) is 23.5 Å². The van der Waals surface area contributed by atoms with E-state index >= 15 is 0 Å². The van der Waals surface area contributed by atoms with Crippen molar-refractivity contribution in [2.24, 2.45) is 0 Å². The predicted octanol–water partition coefficient (Wildman–Crippen LogP) is 3.18. The maximum Gasteiger partial charge on any atom is 0.261 e. The van der Waals surface area contributed by atoms with Gasteiger partial charge in [-0.3, -0.25) is 9.52 Å². The van der Waals surface area contributed by atoms with Crippen molar-refractivity contribution in [1.29, 1.82) is 0 Å². The van der Waals surface area contributed by atoms with Crippen molar-refractivity contribution in [2.45, 2.75) is 18.4 Å². The van der Waals surface area contributed by atoms with Gasteiger partial charge in [0.2, 0.25) is 0 Å². The zero-order valence-corrected chi connectivity index (χ0v) is 15.6. The number of hydrogen-bond acceptors (Lipinski definition) is 5. The number of anilines is 1. The minimum Gasteiger partial charge on any atom is -0.346 e. The molecule has 0 atom stereocenters. The molecule has 3 aromatic rings. The summed E-state index contributed by atoms with van der Waals surface area (Å²) in [4.78, 5) is 16.6. The minimum absolute atomic E-state index is 0.181. The fourth-order valence-electron chi connectivity index (χ4n) is 2.25. The number of nitrogens with zero attached hydrogens (tertiary/aromatic N) is 1. The highest BCUT2D eigenvalue weighted by Gasteiger charge is 2.14. The van der Waals surface area contributed by atoms with Crippen molar-refractivity contribution in [3.8, 4) is 0 Å². The molecule has 2 N–H and O–H groups in total. The van der Waals surface area contributed by atoms with Crippen molar-refractivity contribution < 1.29 is 13.2 Å². The van der Waals surface area contributed by atoms with Gasteiger partial charge in [0.05, 0.1) is 11.4 Å². The summed E-state index contributed by atoms with van der Waals surface area (Å²) in [5.41, 5.74) is 1.76. The summed E-state index contributed by atoms with van der Waals surface area (Å²) >= 11 is 1.49. The standard InChI is InChI=1S/C18H17N3O3S2/c1-13-12-25-17(20-13)11-19-18(22)14-7-9-15(10-8-14)21-26(23,24)16-5-3-2-4-6-16/h2-10,12,21H,11H2,1H3,(H,19,22). The molecule has 134 valence electrons. The quantitative estimate of drug-likeness (QED) is 0.680. The van der Waals surface area contributed by atoms with Gasteiger partial charge < -0.3 is 5.32 Å². The molecule has 8 heteroatoms. The zero-order chi connectivity index (χ0) is 18.6. The molecule has 6 nitrogen and oxygen atoms in total. The fraction of sp³-hybridized carbons (Fsp3) is 0.111. The van der Waals surface area contributed by atoms with Crippen molar-refractivity contribution >= 4 is 33.0 Å². The summed E-state index contributed by atoms with van der Waals surface area (Å²) in [6.07, 6.45) is 0. The fourth-order valence-corrected chi connectivity index (χ4v) is 4.04. The monoisotopic (exact) mass is 387 g/mol. The van der Waals surface area contributed by atoms with E-state index in [9.17, 15) is 13.2 Å². The maximum absolute atomic E-state index is 12.3. The van der Waals surface area contributed by atoms with Crippen molar-refractivity contribution in [3.05, 3.63) is 76.2 Å². The Hall–Kier alpha value is -2.71. The van der Waals surface area contributed by atoms with E-state index in [0.717, 1.165) is 10.7 Å². The predicted molar refractivity (Wildman–Crippen MR) is 102 cm³/mol. The Kier molecular flexibility index (Phi) is 5.34. The van der Waals surface area contributed by atoms with Gasteiger partial charge in [-0.2, -0.15) is 0 Å². The molecule has 3 rings (SSSR count). The number of aryl methyl sites for hydroxylation is 1. The first-order valence-electron chi connectivity index (χ1n) is 7.81. The SMILES string of the molecule is Cc1csc(CNC(=O)c2ccc(NS(=O)(=O)c3ccccc3)cc2)n1. The molecular weight excluding hydrogens is 370 g/mol. The molecule has 2 aromatic carbocycles. The third-order valence-corrected chi connectivity index (χ3v) is 5.88. The summed E-state index contributed by atoms with van der Waals surface area (Å²) in [6.45, 7) is 2.26. The molecule has 26 heavy (non-hydrogen) atoms. The van der Waals surface area contributed by atoms with Gasteiger partial charge in [-0.15, -0.1) is 11.3 Å². The normalized spacial score (nSPS) is 11.1. The van der Waals surface area contributed by atoms with Crippen molar-refractivity contribution in [1.82, 2.24) is 10.3 Å².